The first-order valence-electron chi connectivity index (χ1n) is 6.01. The molecule has 0 saturated heterocycles. The summed E-state index contributed by atoms with van der Waals surface area (Å²) in [4.78, 5) is 23.5. The van der Waals surface area contributed by atoms with Crippen LogP contribution in [0.25, 0.3) is 0 Å². The smallest absolute Gasteiger partial charge is 0.343 e. The third kappa shape index (κ3) is 3.48. The van der Waals surface area contributed by atoms with Gasteiger partial charge in [-0.3, -0.25) is 4.57 Å². The van der Waals surface area contributed by atoms with Crippen molar-refractivity contribution in [1.29, 1.82) is 0 Å². The van der Waals surface area contributed by atoms with Gasteiger partial charge in [0.2, 0.25) is 10.4 Å². The van der Waals surface area contributed by atoms with Crippen molar-refractivity contribution in [2.24, 2.45) is 0 Å². The highest BCUT2D eigenvalue weighted by Gasteiger charge is 2.13. The summed E-state index contributed by atoms with van der Waals surface area (Å²) in [5.41, 5.74) is -0.264. The summed E-state index contributed by atoms with van der Waals surface area (Å²) in [6.45, 7) is 4.78. The van der Waals surface area contributed by atoms with Crippen LogP contribution in [0, 0.1) is 0 Å². The van der Waals surface area contributed by atoms with E-state index in [1.807, 2.05) is 13.8 Å². The normalized spacial score (nSPS) is 10.8. The van der Waals surface area contributed by atoms with Crippen LogP contribution >= 0.6 is 23.4 Å². The molecule has 2 rings (SSSR count). The molecule has 1 N–H and O–H groups in total. The molecule has 0 unspecified atom stereocenters. The van der Waals surface area contributed by atoms with Gasteiger partial charge in [0.1, 0.15) is 0 Å². The molecule has 108 valence electrons. The van der Waals surface area contributed by atoms with Gasteiger partial charge in [0.05, 0.1) is 6.61 Å². The molecule has 0 spiro atoms. The average molecular weight is 317 g/mol. The van der Waals surface area contributed by atoms with Gasteiger partial charge in [-0.2, -0.15) is 15.0 Å². The SMILES string of the molecule is CCCn1c(Sc2nc(Cl)nc(OCC)n2)n[nH]c1=O. The number of ether oxygens (including phenoxy) is 1. The van der Waals surface area contributed by atoms with E-state index in [0.29, 0.717) is 23.5 Å². The fourth-order valence-corrected chi connectivity index (χ4v) is 2.43. The summed E-state index contributed by atoms with van der Waals surface area (Å²) in [7, 11) is 0. The Bertz CT molecular complexity index is 643. The Morgan fingerprint density at radius 1 is 1.35 bits per heavy atom. The molecule has 0 fully saturated rings. The lowest BCUT2D eigenvalue weighted by Crippen LogP contribution is -2.17. The molecule has 0 radical (unpaired) electrons. The Morgan fingerprint density at radius 2 is 2.15 bits per heavy atom. The lowest BCUT2D eigenvalue weighted by Gasteiger charge is -2.04. The van der Waals surface area contributed by atoms with E-state index < -0.39 is 0 Å². The van der Waals surface area contributed by atoms with Gasteiger partial charge in [-0.25, -0.2) is 9.89 Å². The number of hydrogen-bond donors (Lipinski definition) is 1. The zero-order valence-electron chi connectivity index (χ0n) is 11.0. The van der Waals surface area contributed by atoms with Crippen molar-refractivity contribution < 1.29 is 4.74 Å². The zero-order chi connectivity index (χ0) is 14.5. The van der Waals surface area contributed by atoms with E-state index in [2.05, 4.69) is 25.1 Å². The zero-order valence-corrected chi connectivity index (χ0v) is 12.5. The van der Waals surface area contributed by atoms with Crippen molar-refractivity contribution in [1.82, 2.24) is 29.7 Å². The van der Waals surface area contributed by atoms with Crippen LogP contribution in [0.15, 0.2) is 15.1 Å². The van der Waals surface area contributed by atoms with Gasteiger partial charge < -0.3 is 4.74 Å². The second-order valence-corrected chi connectivity index (χ2v) is 4.94. The van der Waals surface area contributed by atoms with Crippen molar-refractivity contribution in [3.05, 3.63) is 15.8 Å². The number of rotatable bonds is 6. The fourth-order valence-electron chi connectivity index (χ4n) is 1.44. The van der Waals surface area contributed by atoms with Crippen molar-refractivity contribution in [3.8, 4) is 6.01 Å². The fraction of sp³-hybridized carbons (Fsp3) is 0.500. The number of hydrogen-bond acceptors (Lipinski definition) is 7. The van der Waals surface area contributed by atoms with Crippen LogP contribution in [0.5, 0.6) is 6.01 Å². The molecule has 0 aliphatic rings. The van der Waals surface area contributed by atoms with E-state index in [-0.39, 0.29) is 17.0 Å². The molecule has 20 heavy (non-hydrogen) atoms. The van der Waals surface area contributed by atoms with Gasteiger partial charge in [0, 0.05) is 6.54 Å². The summed E-state index contributed by atoms with van der Waals surface area (Å²) in [6.07, 6.45) is 0.815. The highest BCUT2D eigenvalue weighted by Crippen LogP contribution is 2.23. The maximum absolute atomic E-state index is 11.6. The van der Waals surface area contributed by atoms with Crippen molar-refractivity contribution in [2.45, 2.75) is 37.1 Å². The van der Waals surface area contributed by atoms with E-state index in [0.717, 1.165) is 18.2 Å². The number of nitrogens with one attached hydrogen (secondary N) is 1. The molecule has 2 aromatic heterocycles. The number of nitrogens with zero attached hydrogens (tertiary/aromatic N) is 5. The largest absolute Gasteiger partial charge is 0.464 e. The van der Waals surface area contributed by atoms with Crippen molar-refractivity contribution in [3.63, 3.8) is 0 Å². The summed E-state index contributed by atoms with van der Waals surface area (Å²) in [6, 6.07) is 0.148. The molecular weight excluding hydrogens is 304 g/mol. The summed E-state index contributed by atoms with van der Waals surface area (Å²) in [5, 5.41) is 7.17. The molecule has 0 atom stereocenters. The van der Waals surface area contributed by atoms with Gasteiger partial charge in [-0.05, 0) is 36.7 Å². The first-order chi connectivity index (χ1) is 9.63. The van der Waals surface area contributed by atoms with Gasteiger partial charge >= 0.3 is 11.7 Å². The average Bonchev–Trinajstić information content (AvgIpc) is 2.72. The molecular formula is C10H13ClN6O2S. The van der Waals surface area contributed by atoms with Crippen LogP contribution in [0.1, 0.15) is 20.3 Å². The van der Waals surface area contributed by atoms with Crippen LogP contribution in [0.2, 0.25) is 5.28 Å². The van der Waals surface area contributed by atoms with Gasteiger partial charge in [-0.1, -0.05) is 6.92 Å². The second-order valence-electron chi connectivity index (χ2n) is 3.67. The highest BCUT2D eigenvalue weighted by molar-refractivity contribution is 7.99. The van der Waals surface area contributed by atoms with Gasteiger partial charge in [0.15, 0.2) is 5.16 Å². The van der Waals surface area contributed by atoms with Crippen molar-refractivity contribution >= 4 is 23.4 Å². The third-order valence-electron chi connectivity index (χ3n) is 2.19. The number of aromatic amines is 1. The lowest BCUT2D eigenvalue weighted by atomic mass is 10.5. The minimum atomic E-state index is -0.264. The molecule has 0 amide bonds. The molecule has 2 aromatic rings. The van der Waals surface area contributed by atoms with Gasteiger partial charge in [-0.15, -0.1) is 5.10 Å². The Labute approximate surface area is 124 Å². The molecule has 0 saturated carbocycles. The molecule has 10 heteroatoms. The maximum Gasteiger partial charge on any atom is 0.343 e. The highest BCUT2D eigenvalue weighted by atomic mass is 35.5. The topological polar surface area (TPSA) is 98.6 Å². The molecule has 0 aromatic carbocycles. The minimum absolute atomic E-state index is 0.0332. The van der Waals surface area contributed by atoms with E-state index >= 15 is 0 Å². The first kappa shape index (κ1) is 14.8. The number of aromatic nitrogens is 6. The molecule has 0 aliphatic heterocycles. The summed E-state index contributed by atoms with van der Waals surface area (Å²) >= 11 is 6.93. The summed E-state index contributed by atoms with van der Waals surface area (Å²) < 4.78 is 6.71. The Morgan fingerprint density at radius 3 is 2.85 bits per heavy atom. The molecule has 0 bridgehead atoms. The third-order valence-corrected chi connectivity index (χ3v) is 3.22. The number of halogens is 1. The Balaban J connectivity index is 2.27. The summed E-state index contributed by atoms with van der Waals surface area (Å²) in [5.74, 6) is 0. The Kier molecular flexibility index (Phi) is 4.96. The minimum Gasteiger partial charge on any atom is -0.464 e. The second kappa shape index (κ2) is 6.71. The standard InChI is InChI=1S/C10H13ClN6O2S/c1-3-5-17-9(18)15-16-10(17)20-8-13-6(11)12-7(14-8)19-4-2/h3-5H2,1-2H3,(H,15,18). The van der Waals surface area contributed by atoms with Crippen LogP contribution in [-0.2, 0) is 6.54 Å². The van der Waals surface area contributed by atoms with Crippen molar-refractivity contribution in [2.75, 3.05) is 6.61 Å². The van der Waals surface area contributed by atoms with Crippen LogP contribution in [0.4, 0.5) is 0 Å². The van der Waals surface area contributed by atoms with Crippen LogP contribution in [0.3, 0.4) is 0 Å². The first-order valence-corrected chi connectivity index (χ1v) is 7.21. The van der Waals surface area contributed by atoms with E-state index in [9.17, 15) is 4.79 Å². The maximum atomic E-state index is 11.6. The quantitative estimate of drug-likeness (QED) is 0.859. The molecule has 0 aliphatic carbocycles. The Hall–Kier alpha value is -1.61. The van der Waals surface area contributed by atoms with E-state index in [1.54, 1.807) is 0 Å². The lowest BCUT2D eigenvalue weighted by molar-refractivity contribution is 0.307. The van der Waals surface area contributed by atoms with Gasteiger partial charge in [0.25, 0.3) is 0 Å². The predicted octanol–water partition coefficient (Wildman–Crippen LogP) is 1.37. The van der Waals surface area contributed by atoms with E-state index in [4.69, 9.17) is 16.3 Å². The predicted molar refractivity (Wildman–Crippen MR) is 73.3 cm³/mol. The van der Waals surface area contributed by atoms with Crippen LogP contribution < -0.4 is 10.4 Å². The van der Waals surface area contributed by atoms with E-state index in [1.165, 1.54) is 4.57 Å². The molecule has 8 nitrogen and oxygen atoms in total. The monoisotopic (exact) mass is 316 g/mol. The van der Waals surface area contributed by atoms with Crippen LogP contribution in [-0.4, -0.2) is 36.3 Å². The number of H-pyrrole nitrogens is 1. The molecule has 2 heterocycles.